The van der Waals surface area contributed by atoms with Crippen molar-refractivity contribution in [2.45, 2.75) is 45.8 Å². The first kappa shape index (κ1) is 20.2. The lowest BCUT2D eigenvalue weighted by atomic mass is 10.0. The molecule has 30 heavy (non-hydrogen) atoms. The number of hydrogen-bond acceptors (Lipinski definition) is 4. The molecule has 1 saturated heterocycles. The van der Waals surface area contributed by atoms with Crippen LogP contribution in [0.1, 0.15) is 32.3 Å². The van der Waals surface area contributed by atoms with Gasteiger partial charge in [0.05, 0.1) is 6.10 Å². The maximum atomic E-state index is 12.1. The van der Waals surface area contributed by atoms with Gasteiger partial charge >= 0.3 is 6.03 Å². The van der Waals surface area contributed by atoms with Crippen LogP contribution in [0.25, 0.3) is 16.8 Å². The zero-order chi connectivity index (χ0) is 21.1. The Morgan fingerprint density at radius 1 is 1.13 bits per heavy atom. The molecule has 4 rings (SSSR count). The number of rotatable bonds is 5. The van der Waals surface area contributed by atoms with Gasteiger partial charge in [-0.1, -0.05) is 12.1 Å². The summed E-state index contributed by atoms with van der Waals surface area (Å²) in [5.41, 5.74) is 6.93. The normalized spacial score (nSPS) is 15.0. The Hall–Kier alpha value is -3.06. The van der Waals surface area contributed by atoms with Gasteiger partial charge in [0.2, 0.25) is 0 Å². The number of fused-ring (bicyclic) bond motifs is 1. The summed E-state index contributed by atoms with van der Waals surface area (Å²) in [5, 5.41) is 0. The summed E-state index contributed by atoms with van der Waals surface area (Å²) < 4.78 is 8.18. The topological polar surface area (TPSA) is 68.1 Å². The zero-order valence-electron chi connectivity index (χ0n) is 17.7. The molecule has 0 aliphatic carbocycles. The molecular formula is C23H28N4O3. The minimum Gasteiger partial charge on any atom is -0.490 e. The number of nitrogens with zero attached hydrogens (tertiary/aromatic N) is 3. The number of carbonyl (C=O) groups is 1. The summed E-state index contributed by atoms with van der Waals surface area (Å²) in [5.74, 6) is 0.851. The first-order valence-electron chi connectivity index (χ1n) is 10.4. The fraction of sp³-hybridized carbons (Fsp3) is 0.391. The van der Waals surface area contributed by atoms with Crippen molar-refractivity contribution in [3.63, 3.8) is 0 Å². The summed E-state index contributed by atoms with van der Waals surface area (Å²) in [6, 6.07) is 10.1. The van der Waals surface area contributed by atoms with Crippen molar-refractivity contribution in [2.24, 2.45) is 0 Å². The third kappa shape index (κ3) is 4.41. The lowest BCUT2D eigenvalue weighted by Crippen LogP contribution is -2.46. The molecular weight excluding hydrogens is 380 g/mol. The Bertz CT molecular complexity index is 1000. The van der Waals surface area contributed by atoms with Gasteiger partial charge in [-0.05, 0) is 50.1 Å². The van der Waals surface area contributed by atoms with Crippen LogP contribution in [0.2, 0.25) is 0 Å². The molecule has 7 nitrogen and oxygen atoms in total. The van der Waals surface area contributed by atoms with E-state index in [4.69, 9.17) is 9.57 Å². The summed E-state index contributed by atoms with van der Waals surface area (Å²) in [6.45, 7) is 7.16. The molecule has 0 atom stereocenters. The molecule has 2 amide bonds. The monoisotopic (exact) mass is 408 g/mol. The molecule has 2 aromatic heterocycles. The van der Waals surface area contributed by atoms with E-state index in [2.05, 4.69) is 35.6 Å². The molecule has 3 aromatic rings. The lowest BCUT2D eigenvalue weighted by molar-refractivity contribution is 0.00228. The smallest absolute Gasteiger partial charge is 0.341 e. The Morgan fingerprint density at radius 3 is 2.57 bits per heavy atom. The number of ether oxygens (including phenoxy) is 1. The van der Waals surface area contributed by atoms with Crippen LogP contribution >= 0.6 is 0 Å². The predicted octanol–water partition coefficient (Wildman–Crippen LogP) is 4.20. The van der Waals surface area contributed by atoms with Gasteiger partial charge in [-0.25, -0.2) is 15.3 Å². The van der Waals surface area contributed by atoms with Crippen LogP contribution in [0, 0.1) is 6.92 Å². The first-order chi connectivity index (χ1) is 14.5. The molecule has 1 N–H and O–H groups in total. The maximum Gasteiger partial charge on any atom is 0.341 e. The van der Waals surface area contributed by atoms with Crippen LogP contribution in [0.15, 0.2) is 48.9 Å². The van der Waals surface area contributed by atoms with E-state index in [1.54, 1.807) is 4.90 Å². The summed E-state index contributed by atoms with van der Waals surface area (Å²) in [7, 11) is 0. The summed E-state index contributed by atoms with van der Waals surface area (Å²) in [6.07, 6.45) is 7.46. The standard InChI is InChI=1S/C23H28N4O3/c1-16(2)30-25-23(28)27-12-8-20(9-13-27)29-19-6-4-18(5-7-19)21-10-14-26-15-11-24-22(26)17(21)3/h4-7,10-11,14-16,20H,8-9,12-13H2,1-3H3,(H,25,28). The molecule has 3 heterocycles. The van der Waals surface area contributed by atoms with Gasteiger partial charge in [0, 0.05) is 50.1 Å². The molecule has 0 radical (unpaired) electrons. The van der Waals surface area contributed by atoms with E-state index in [9.17, 15) is 4.79 Å². The largest absolute Gasteiger partial charge is 0.490 e. The Labute approximate surface area is 176 Å². The van der Waals surface area contributed by atoms with Gasteiger partial charge in [0.25, 0.3) is 0 Å². The van der Waals surface area contributed by atoms with Gasteiger partial charge in [0.15, 0.2) is 0 Å². The number of amides is 2. The minimum absolute atomic E-state index is 0.0387. The van der Waals surface area contributed by atoms with Gasteiger partial charge in [0.1, 0.15) is 17.5 Å². The van der Waals surface area contributed by atoms with Gasteiger partial charge in [-0.15, -0.1) is 0 Å². The number of imidazole rings is 1. The van der Waals surface area contributed by atoms with Crippen LogP contribution in [0.4, 0.5) is 4.79 Å². The van der Waals surface area contributed by atoms with Crippen molar-refractivity contribution in [1.29, 1.82) is 0 Å². The number of benzene rings is 1. The van der Waals surface area contributed by atoms with Crippen LogP contribution < -0.4 is 10.2 Å². The highest BCUT2D eigenvalue weighted by atomic mass is 16.7. The highest BCUT2D eigenvalue weighted by Crippen LogP contribution is 2.28. The number of aryl methyl sites for hydroxylation is 1. The molecule has 158 valence electrons. The van der Waals surface area contributed by atoms with Gasteiger partial charge < -0.3 is 14.0 Å². The predicted molar refractivity (Wildman–Crippen MR) is 115 cm³/mol. The number of aromatic nitrogens is 2. The second-order valence-corrected chi connectivity index (χ2v) is 7.91. The maximum absolute atomic E-state index is 12.1. The third-order valence-corrected chi connectivity index (χ3v) is 5.39. The fourth-order valence-electron chi connectivity index (χ4n) is 3.75. The third-order valence-electron chi connectivity index (χ3n) is 5.39. The summed E-state index contributed by atoms with van der Waals surface area (Å²) >= 11 is 0. The van der Waals surface area contributed by atoms with Crippen molar-refractivity contribution in [2.75, 3.05) is 13.1 Å². The number of hydroxylamine groups is 1. The van der Waals surface area contributed by atoms with Crippen molar-refractivity contribution in [3.8, 4) is 16.9 Å². The number of carbonyl (C=O) groups excluding carboxylic acids is 1. The molecule has 1 aliphatic heterocycles. The number of nitrogens with one attached hydrogen (secondary N) is 1. The van der Waals surface area contributed by atoms with Crippen molar-refractivity contribution >= 4 is 11.7 Å². The van der Waals surface area contributed by atoms with Crippen LogP contribution in [-0.2, 0) is 4.84 Å². The number of likely N-dealkylation sites (tertiary alicyclic amines) is 1. The summed E-state index contributed by atoms with van der Waals surface area (Å²) in [4.78, 5) is 23.5. The van der Waals surface area contributed by atoms with Crippen LogP contribution in [-0.4, -0.2) is 45.6 Å². The first-order valence-corrected chi connectivity index (χ1v) is 10.4. The van der Waals surface area contributed by atoms with E-state index < -0.39 is 0 Å². The van der Waals surface area contributed by atoms with Crippen molar-refractivity contribution in [1.82, 2.24) is 19.8 Å². The number of pyridine rings is 1. The fourth-order valence-corrected chi connectivity index (χ4v) is 3.75. The van der Waals surface area contributed by atoms with Gasteiger partial charge in [-0.2, -0.15) is 0 Å². The lowest BCUT2D eigenvalue weighted by Gasteiger charge is -2.32. The van der Waals surface area contributed by atoms with E-state index in [-0.39, 0.29) is 18.2 Å². The Balaban J connectivity index is 1.34. The highest BCUT2D eigenvalue weighted by molar-refractivity contribution is 5.73. The molecule has 0 saturated carbocycles. The van der Waals surface area contributed by atoms with E-state index in [0.717, 1.165) is 35.4 Å². The van der Waals surface area contributed by atoms with Crippen LogP contribution in [0.5, 0.6) is 5.75 Å². The second-order valence-electron chi connectivity index (χ2n) is 7.91. The molecule has 1 aliphatic rings. The van der Waals surface area contributed by atoms with E-state index in [0.29, 0.717) is 13.1 Å². The second kappa shape index (κ2) is 8.75. The highest BCUT2D eigenvalue weighted by Gasteiger charge is 2.24. The van der Waals surface area contributed by atoms with E-state index >= 15 is 0 Å². The molecule has 0 unspecified atom stereocenters. The quantitative estimate of drug-likeness (QED) is 0.643. The Kier molecular flexibility index (Phi) is 5.90. The average molecular weight is 409 g/mol. The average Bonchev–Trinajstić information content (AvgIpc) is 3.23. The number of piperidine rings is 1. The van der Waals surface area contributed by atoms with E-state index in [1.807, 2.05) is 49.0 Å². The van der Waals surface area contributed by atoms with Gasteiger partial charge in [-0.3, -0.25) is 4.84 Å². The molecule has 7 heteroatoms. The zero-order valence-corrected chi connectivity index (χ0v) is 17.7. The molecule has 1 aromatic carbocycles. The Morgan fingerprint density at radius 2 is 1.87 bits per heavy atom. The molecule has 1 fully saturated rings. The number of urea groups is 1. The molecule has 0 bridgehead atoms. The van der Waals surface area contributed by atoms with E-state index in [1.165, 1.54) is 5.56 Å². The van der Waals surface area contributed by atoms with Crippen molar-refractivity contribution in [3.05, 3.63) is 54.5 Å². The minimum atomic E-state index is -0.184. The SMILES string of the molecule is Cc1c(-c2ccc(OC3CCN(C(=O)NOC(C)C)CC3)cc2)ccn2ccnc12. The van der Waals surface area contributed by atoms with Crippen LogP contribution in [0.3, 0.4) is 0 Å². The molecule has 0 spiro atoms. The van der Waals surface area contributed by atoms with Crippen molar-refractivity contribution < 1.29 is 14.4 Å². The number of hydrogen-bond donors (Lipinski definition) is 1.